The molecule has 0 radical (unpaired) electrons. The fraction of sp³-hybridized carbons (Fsp3) is 0.107. The van der Waals surface area contributed by atoms with E-state index in [0.29, 0.717) is 0 Å². The maximum atomic E-state index is 5.32. The average Bonchev–Trinajstić information content (AvgIpc) is 3.99. The van der Waals surface area contributed by atoms with Crippen molar-refractivity contribution in [2.45, 2.75) is 40.8 Å². The van der Waals surface area contributed by atoms with Crippen molar-refractivity contribution in [3.8, 4) is 54.5 Å². The SMILES string of the molecule is Cc1ccc2cc(-c3cccc(-c4nc5cc6c(cc5s4)[Si](C)(C)c4cc5sc(-c7cccc(-c8cc9ccc(C)nc9c9nc(C)ccc89)c7)nc5cc4-6)c3)c3ccc(C)nc3c2n1. The Hall–Kier alpha value is -7.04. The molecule has 0 atom stereocenters. The van der Waals surface area contributed by atoms with Crippen LogP contribution in [0.3, 0.4) is 0 Å². The van der Waals surface area contributed by atoms with Gasteiger partial charge in [0.15, 0.2) is 0 Å². The highest BCUT2D eigenvalue weighted by atomic mass is 32.1. The first-order valence-electron chi connectivity index (χ1n) is 22.0. The molecule has 0 N–H and O–H groups in total. The van der Waals surface area contributed by atoms with Gasteiger partial charge in [-0.1, -0.05) is 73.8 Å². The van der Waals surface area contributed by atoms with Crippen molar-refractivity contribution in [1.82, 2.24) is 29.9 Å². The van der Waals surface area contributed by atoms with E-state index >= 15 is 0 Å². The second kappa shape index (κ2) is 14.0. The number of benzene rings is 6. The molecule has 0 aliphatic carbocycles. The van der Waals surface area contributed by atoms with E-state index in [1.54, 1.807) is 22.7 Å². The molecule has 1 aliphatic rings. The molecule has 0 fully saturated rings. The number of aromatic nitrogens is 6. The lowest BCUT2D eigenvalue weighted by Gasteiger charge is -2.18. The standard InChI is InChI=1S/C56H40N6S2Si/c1-29-13-17-35-23-41(39-19-15-31(3)59-53(39)51(35)57-29)33-9-7-11-37(21-33)55-61-45-25-43-44-26-46-48(28-50(44)65(5,6)49(43)27-47(45)63-55)64-56(62-46)38-12-8-10-34(22-38)42-24-36-18-14-30(2)58-52(36)54-40(42)20-16-32(4)60-54/h7-28H,1-6H3. The number of thiazole rings is 2. The summed E-state index contributed by atoms with van der Waals surface area (Å²) in [6, 6.07) is 48.8. The smallest absolute Gasteiger partial charge is 0.124 e. The van der Waals surface area contributed by atoms with Gasteiger partial charge in [0, 0.05) is 55.4 Å². The van der Waals surface area contributed by atoms with Crippen LogP contribution in [0, 0.1) is 27.7 Å². The first-order valence-corrected chi connectivity index (χ1v) is 26.6. The summed E-state index contributed by atoms with van der Waals surface area (Å²) >= 11 is 3.57. The summed E-state index contributed by atoms with van der Waals surface area (Å²) in [4.78, 5) is 30.4. The second-order valence-electron chi connectivity index (χ2n) is 18.2. The van der Waals surface area contributed by atoms with Crippen molar-refractivity contribution in [3.05, 3.63) is 156 Å². The number of hydrogen-bond donors (Lipinski definition) is 0. The predicted octanol–water partition coefficient (Wildman–Crippen LogP) is 13.8. The van der Waals surface area contributed by atoms with Crippen LogP contribution in [0.1, 0.15) is 22.8 Å². The van der Waals surface area contributed by atoms with Gasteiger partial charge in [-0.25, -0.2) is 9.97 Å². The van der Waals surface area contributed by atoms with Crippen LogP contribution >= 0.6 is 22.7 Å². The Bertz CT molecular complexity index is 3790. The zero-order valence-corrected chi connectivity index (χ0v) is 39.3. The van der Waals surface area contributed by atoms with Crippen molar-refractivity contribution in [1.29, 1.82) is 0 Å². The maximum Gasteiger partial charge on any atom is 0.124 e. The third-order valence-electron chi connectivity index (χ3n) is 13.4. The Morgan fingerprint density at radius 3 is 1.22 bits per heavy atom. The van der Waals surface area contributed by atoms with Crippen LogP contribution in [-0.4, -0.2) is 38.0 Å². The number of pyridine rings is 4. The van der Waals surface area contributed by atoms with Crippen LogP contribution < -0.4 is 10.4 Å². The van der Waals surface area contributed by atoms with Crippen molar-refractivity contribution < 1.29 is 0 Å². The van der Waals surface area contributed by atoms with Crippen LogP contribution in [0.4, 0.5) is 0 Å². The molecule has 0 saturated carbocycles. The minimum atomic E-state index is -2.04. The van der Waals surface area contributed by atoms with Gasteiger partial charge in [-0.3, -0.25) is 19.9 Å². The van der Waals surface area contributed by atoms with Gasteiger partial charge in [0.2, 0.25) is 0 Å². The van der Waals surface area contributed by atoms with Gasteiger partial charge in [-0.05, 0) is 144 Å². The number of nitrogens with zero attached hydrogens (tertiary/aromatic N) is 6. The molecule has 13 rings (SSSR count). The molecule has 6 aromatic carbocycles. The molecule has 0 spiro atoms. The molecular formula is C56H40N6S2Si. The Labute approximate surface area is 384 Å². The van der Waals surface area contributed by atoms with Gasteiger partial charge in [0.25, 0.3) is 0 Å². The Morgan fingerprint density at radius 1 is 0.369 bits per heavy atom. The van der Waals surface area contributed by atoms with E-state index in [9.17, 15) is 0 Å². The van der Waals surface area contributed by atoms with E-state index in [4.69, 9.17) is 29.9 Å². The van der Waals surface area contributed by atoms with E-state index < -0.39 is 8.07 Å². The lowest BCUT2D eigenvalue weighted by molar-refractivity contribution is 1.23. The normalized spacial score (nSPS) is 13.2. The number of hydrogen-bond acceptors (Lipinski definition) is 8. The van der Waals surface area contributed by atoms with Crippen LogP contribution in [-0.2, 0) is 0 Å². The highest BCUT2D eigenvalue weighted by Gasteiger charge is 2.39. The summed E-state index contributed by atoms with van der Waals surface area (Å²) in [6.45, 7) is 13.2. The van der Waals surface area contributed by atoms with Crippen LogP contribution in [0.25, 0.3) is 119 Å². The molecule has 12 aromatic rings. The predicted molar refractivity (Wildman–Crippen MR) is 277 cm³/mol. The molecule has 0 amide bonds. The minimum Gasteiger partial charge on any atom is -0.251 e. The summed E-state index contributed by atoms with van der Waals surface area (Å²) < 4.78 is 2.46. The minimum absolute atomic E-state index is 0.945. The fourth-order valence-corrected chi connectivity index (χ4v) is 15.3. The zero-order valence-electron chi connectivity index (χ0n) is 36.7. The summed E-state index contributed by atoms with van der Waals surface area (Å²) in [5, 5.41) is 9.40. The first-order chi connectivity index (χ1) is 31.5. The number of rotatable bonds is 4. The Balaban J connectivity index is 0.872. The van der Waals surface area contributed by atoms with Crippen LogP contribution in [0.5, 0.6) is 0 Å². The molecule has 0 unspecified atom stereocenters. The van der Waals surface area contributed by atoms with Crippen LogP contribution in [0.2, 0.25) is 13.1 Å². The third-order valence-corrected chi connectivity index (χ3v) is 19.0. The number of aryl methyl sites for hydroxylation is 4. The van der Waals surface area contributed by atoms with E-state index in [-0.39, 0.29) is 0 Å². The third kappa shape index (κ3) is 6.03. The van der Waals surface area contributed by atoms with E-state index in [0.717, 1.165) is 121 Å². The van der Waals surface area contributed by atoms with Gasteiger partial charge in [-0.15, -0.1) is 22.7 Å². The van der Waals surface area contributed by atoms with E-state index in [1.165, 1.54) is 30.9 Å². The van der Waals surface area contributed by atoms with Gasteiger partial charge in [-0.2, -0.15) is 0 Å². The van der Waals surface area contributed by atoms with Crippen molar-refractivity contribution in [3.63, 3.8) is 0 Å². The van der Waals surface area contributed by atoms with E-state index in [1.807, 2.05) is 27.7 Å². The summed E-state index contributed by atoms with van der Waals surface area (Å²) in [5.74, 6) is 0. The lowest BCUT2D eigenvalue weighted by Crippen LogP contribution is -2.49. The average molecular weight is 889 g/mol. The molecule has 0 bridgehead atoms. The molecule has 1 aliphatic heterocycles. The molecule has 7 heterocycles. The van der Waals surface area contributed by atoms with Gasteiger partial charge < -0.3 is 0 Å². The second-order valence-corrected chi connectivity index (χ2v) is 24.5. The summed E-state index contributed by atoms with van der Waals surface area (Å²) in [6.07, 6.45) is 0. The molecule has 9 heteroatoms. The Kier molecular flexibility index (Phi) is 8.26. The highest BCUT2D eigenvalue weighted by molar-refractivity contribution is 7.22. The maximum absolute atomic E-state index is 5.32. The largest absolute Gasteiger partial charge is 0.251 e. The number of fused-ring (bicyclic) bond motifs is 11. The zero-order chi connectivity index (χ0) is 43.9. The quantitative estimate of drug-likeness (QED) is 0.129. The van der Waals surface area contributed by atoms with Gasteiger partial charge >= 0.3 is 0 Å². The summed E-state index contributed by atoms with van der Waals surface area (Å²) in [7, 11) is -2.04. The molecule has 6 nitrogen and oxygen atoms in total. The Morgan fingerprint density at radius 2 is 0.769 bits per heavy atom. The highest BCUT2D eigenvalue weighted by Crippen LogP contribution is 2.42. The van der Waals surface area contributed by atoms with Crippen molar-refractivity contribution >= 4 is 105 Å². The van der Waals surface area contributed by atoms with Crippen LogP contribution in [0.15, 0.2) is 133 Å². The molecular weight excluding hydrogens is 849 g/mol. The molecule has 310 valence electrons. The van der Waals surface area contributed by atoms with Crippen molar-refractivity contribution in [2.24, 2.45) is 0 Å². The summed E-state index contributed by atoms with van der Waals surface area (Å²) in [5.41, 5.74) is 19.3. The van der Waals surface area contributed by atoms with Gasteiger partial charge in [0.1, 0.15) is 18.1 Å². The van der Waals surface area contributed by atoms with Gasteiger partial charge in [0.05, 0.1) is 42.5 Å². The first kappa shape index (κ1) is 38.4. The lowest BCUT2D eigenvalue weighted by atomic mass is 9.96. The molecule has 0 saturated heterocycles. The molecule has 6 aromatic heterocycles. The topological polar surface area (TPSA) is 77.3 Å². The fourth-order valence-electron chi connectivity index (χ4n) is 10.1. The van der Waals surface area contributed by atoms with Crippen molar-refractivity contribution in [2.75, 3.05) is 0 Å². The molecule has 65 heavy (non-hydrogen) atoms. The van der Waals surface area contributed by atoms with E-state index in [2.05, 4.69) is 147 Å². The monoisotopic (exact) mass is 888 g/mol.